The number of aryl methyl sites for hydroxylation is 3. The highest BCUT2D eigenvalue weighted by atomic mass is 16.5. The molecule has 2 aromatic rings. The van der Waals surface area contributed by atoms with E-state index in [0.717, 1.165) is 11.1 Å². The van der Waals surface area contributed by atoms with E-state index in [2.05, 4.69) is 36.1 Å². The van der Waals surface area contributed by atoms with Gasteiger partial charge in [0.25, 0.3) is 0 Å². The number of nitrogens with zero attached hydrogens (tertiary/aromatic N) is 2. The van der Waals surface area contributed by atoms with E-state index < -0.39 is 0 Å². The van der Waals surface area contributed by atoms with Gasteiger partial charge >= 0.3 is 0 Å². The Hall–Kier alpha value is -1.68. The van der Waals surface area contributed by atoms with Gasteiger partial charge < -0.3 is 10.3 Å². The second-order valence-corrected chi connectivity index (χ2v) is 4.06. The molecule has 0 saturated heterocycles. The second kappa shape index (κ2) is 4.06. The molecular weight excluding hydrogens is 202 g/mol. The normalized spacial score (nSPS) is 12.8. The van der Waals surface area contributed by atoms with Crippen LogP contribution in [-0.2, 0) is 0 Å². The zero-order valence-electron chi connectivity index (χ0n) is 9.69. The van der Waals surface area contributed by atoms with Crippen LogP contribution in [0.3, 0.4) is 0 Å². The lowest BCUT2D eigenvalue weighted by Gasteiger charge is -2.13. The molecule has 0 fully saturated rings. The Balaban J connectivity index is 2.44. The molecule has 1 aromatic carbocycles. The molecular formula is C12H15N3O. The van der Waals surface area contributed by atoms with E-state index >= 15 is 0 Å². The van der Waals surface area contributed by atoms with Gasteiger partial charge in [0.05, 0.1) is 6.04 Å². The Morgan fingerprint density at radius 1 is 1.12 bits per heavy atom. The van der Waals surface area contributed by atoms with E-state index in [4.69, 9.17) is 10.3 Å². The van der Waals surface area contributed by atoms with Gasteiger partial charge in [-0.15, -0.1) is 0 Å². The van der Waals surface area contributed by atoms with Gasteiger partial charge in [-0.3, -0.25) is 0 Å². The lowest BCUT2D eigenvalue weighted by atomic mass is 9.96. The molecule has 0 amide bonds. The molecule has 1 heterocycles. The summed E-state index contributed by atoms with van der Waals surface area (Å²) in [7, 11) is 0. The molecule has 4 heteroatoms. The van der Waals surface area contributed by atoms with Gasteiger partial charge in [0.2, 0.25) is 6.39 Å². The molecule has 84 valence electrons. The fraction of sp³-hybridized carbons (Fsp3) is 0.333. The molecule has 0 aliphatic rings. The predicted octanol–water partition coefficient (Wildman–Crippen LogP) is 2.04. The van der Waals surface area contributed by atoms with Crippen LogP contribution in [0.15, 0.2) is 23.0 Å². The van der Waals surface area contributed by atoms with Crippen molar-refractivity contribution in [1.82, 2.24) is 10.1 Å². The van der Waals surface area contributed by atoms with E-state index in [-0.39, 0.29) is 6.04 Å². The molecule has 0 aliphatic carbocycles. The summed E-state index contributed by atoms with van der Waals surface area (Å²) in [4.78, 5) is 3.98. The first-order valence-electron chi connectivity index (χ1n) is 5.19. The number of benzene rings is 1. The molecule has 16 heavy (non-hydrogen) atoms. The maximum absolute atomic E-state index is 6.10. The zero-order chi connectivity index (χ0) is 11.7. The minimum Gasteiger partial charge on any atom is -0.343 e. The van der Waals surface area contributed by atoms with E-state index in [0.29, 0.717) is 5.82 Å². The highest BCUT2D eigenvalue weighted by molar-refractivity contribution is 5.39. The molecule has 1 unspecified atom stereocenters. The van der Waals surface area contributed by atoms with E-state index in [1.54, 1.807) is 0 Å². The third-order valence-corrected chi connectivity index (χ3v) is 2.87. The first-order valence-corrected chi connectivity index (χ1v) is 5.19. The van der Waals surface area contributed by atoms with E-state index in [9.17, 15) is 0 Å². The van der Waals surface area contributed by atoms with Gasteiger partial charge in [0.1, 0.15) is 0 Å². The Bertz CT molecular complexity index is 491. The van der Waals surface area contributed by atoms with Crippen molar-refractivity contribution < 1.29 is 4.52 Å². The molecule has 0 spiro atoms. The monoisotopic (exact) mass is 217 g/mol. The predicted molar refractivity (Wildman–Crippen MR) is 61.0 cm³/mol. The standard InChI is InChI=1S/C12H15N3O/c1-7-4-9(3)10(5-8(7)2)11(13)12-14-6-16-15-12/h4-6,11H,13H2,1-3H3. The smallest absolute Gasteiger partial charge is 0.213 e. The van der Waals surface area contributed by atoms with Crippen molar-refractivity contribution in [2.75, 3.05) is 0 Å². The number of hydrogen-bond acceptors (Lipinski definition) is 4. The fourth-order valence-corrected chi connectivity index (χ4v) is 1.77. The summed E-state index contributed by atoms with van der Waals surface area (Å²) in [6, 6.07) is 3.90. The van der Waals surface area contributed by atoms with E-state index in [1.165, 1.54) is 17.5 Å². The molecule has 1 atom stereocenters. The average Bonchev–Trinajstić information content (AvgIpc) is 2.75. The largest absolute Gasteiger partial charge is 0.343 e. The van der Waals surface area contributed by atoms with Crippen LogP contribution in [0.1, 0.15) is 34.1 Å². The number of aromatic nitrogens is 2. The Morgan fingerprint density at radius 2 is 1.81 bits per heavy atom. The maximum atomic E-state index is 6.10. The van der Waals surface area contributed by atoms with Crippen LogP contribution < -0.4 is 5.73 Å². The Morgan fingerprint density at radius 3 is 2.44 bits per heavy atom. The van der Waals surface area contributed by atoms with Crippen molar-refractivity contribution in [3.8, 4) is 0 Å². The lowest BCUT2D eigenvalue weighted by molar-refractivity contribution is 0.407. The van der Waals surface area contributed by atoms with Crippen LogP contribution in [-0.4, -0.2) is 10.1 Å². The maximum Gasteiger partial charge on any atom is 0.213 e. The third kappa shape index (κ3) is 1.84. The molecule has 0 bridgehead atoms. The molecule has 0 saturated carbocycles. The molecule has 0 aliphatic heterocycles. The number of nitrogens with two attached hydrogens (primary N) is 1. The summed E-state index contributed by atoms with van der Waals surface area (Å²) in [6.07, 6.45) is 1.30. The van der Waals surface area contributed by atoms with Gasteiger partial charge in [-0.25, -0.2) is 0 Å². The summed E-state index contributed by atoms with van der Waals surface area (Å²) in [5, 5.41) is 3.77. The first-order chi connectivity index (χ1) is 7.59. The summed E-state index contributed by atoms with van der Waals surface area (Å²) in [5.41, 5.74) is 10.8. The first kappa shape index (κ1) is 10.8. The summed E-state index contributed by atoms with van der Waals surface area (Å²) in [6.45, 7) is 6.20. The summed E-state index contributed by atoms with van der Waals surface area (Å²) < 4.78 is 4.71. The van der Waals surface area contributed by atoms with Crippen LogP contribution in [0, 0.1) is 20.8 Å². The number of rotatable bonds is 2. The Kier molecular flexibility index (Phi) is 2.75. The summed E-state index contributed by atoms with van der Waals surface area (Å²) in [5.74, 6) is 0.520. The van der Waals surface area contributed by atoms with Gasteiger partial charge in [0.15, 0.2) is 5.82 Å². The van der Waals surface area contributed by atoms with E-state index in [1.807, 2.05) is 6.92 Å². The van der Waals surface area contributed by atoms with Crippen LogP contribution in [0.4, 0.5) is 0 Å². The quantitative estimate of drug-likeness (QED) is 0.836. The van der Waals surface area contributed by atoms with Gasteiger partial charge in [-0.1, -0.05) is 17.3 Å². The number of hydrogen-bond donors (Lipinski definition) is 1. The van der Waals surface area contributed by atoms with Crippen molar-refractivity contribution in [1.29, 1.82) is 0 Å². The zero-order valence-corrected chi connectivity index (χ0v) is 9.69. The summed E-state index contributed by atoms with van der Waals surface area (Å²) >= 11 is 0. The topological polar surface area (TPSA) is 64.9 Å². The third-order valence-electron chi connectivity index (χ3n) is 2.87. The van der Waals surface area contributed by atoms with Crippen LogP contribution in [0.5, 0.6) is 0 Å². The van der Waals surface area contributed by atoms with Crippen molar-refractivity contribution in [3.05, 3.63) is 46.6 Å². The van der Waals surface area contributed by atoms with Gasteiger partial charge in [-0.2, -0.15) is 4.98 Å². The molecule has 2 rings (SSSR count). The minimum absolute atomic E-state index is 0.321. The highest BCUT2D eigenvalue weighted by Gasteiger charge is 2.16. The van der Waals surface area contributed by atoms with Crippen molar-refractivity contribution >= 4 is 0 Å². The molecule has 0 radical (unpaired) electrons. The highest BCUT2D eigenvalue weighted by Crippen LogP contribution is 2.23. The van der Waals surface area contributed by atoms with Crippen molar-refractivity contribution in [2.45, 2.75) is 26.8 Å². The SMILES string of the molecule is Cc1cc(C)c(C(N)c2ncon2)cc1C. The lowest BCUT2D eigenvalue weighted by Crippen LogP contribution is -2.15. The minimum atomic E-state index is -0.321. The molecule has 1 aromatic heterocycles. The molecule has 2 N–H and O–H groups in total. The van der Waals surface area contributed by atoms with Crippen LogP contribution in [0.25, 0.3) is 0 Å². The van der Waals surface area contributed by atoms with Crippen LogP contribution in [0.2, 0.25) is 0 Å². The van der Waals surface area contributed by atoms with Gasteiger partial charge in [-0.05, 0) is 43.0 Å². The Labute approximate surface area is 94.5 Å². The van der Waals surface area contributed by atoms with Crippen molar-refractivity contribution in [2.24, 2.45) is 5.73 Å². The van der Waals surface area contributed by atoms with Gasteiger partial charge in [0, 0.05) is 0 Å². The second-order valence-electron chi connectivity index (χ2n) is 4.06. The average molecular weight is 217 g/mol. The van der Waals surface area contributed by atoms with Crippen molar-refractivity contribution in [3.63, 3.8) is 0 Å². The molecule has 4 nitrogen and oxygen atoms in total. The fourth-order valence-electron chi connectivity index (χ4n) is 1.77. The van der Waals surface area contributed by atoms with Crippen LogP contribution >= 0.6 is 0 Å².